The number of aromatic nitrogens is 4. The van der Waals surface area contributed by atoms with Crippen molar-refractivity contribution in [1.29, 1.82) is 0 Å². The van der Waals surface area contributed by atoms with Crippen molar-refractivity contribution < 1.29 is 18.6 Å². The van der Waals surface area contributed by atoms with Gasteiger partial charge < -0.3 is 19.5 Å². The van der Waals surface area contributed by atoms with E-state index in [1.165, 1.54) is 25.0 Å². The lowest BCUT2D eigenvalue weighted by Crippen LogP contribution is -2.37. The minimum atomic E-state index is -1.54. The summed E-state index contributed by atoms with van der Waals surface area (Å²) in [6, 6.07) is 12.2. The number of nitrogens with zero attached hydrogens (tertiary/aromatic N) is 4. The topological polar surface area (TPSA) is 82.8 Å². The minimum Gasteiger partial charge on any atom is -0.351 e. The first-order valence-corrected chi connectivity index (χ1v) is 13.9. The molecule has 1 aliphatic carbocycles. The first kappa shape index (κ1) is 27.5. The number of nitrogens with one attached hydrogen (secondary N) is 1. The zero-order chi connectivity index (χ0) is 27.4. The van der Waals surface area contributed by atoms with E-state index in [-0.39, 0.29) is 11.0 Å². The van der Waals surface area contributed by atoms with E-state index in [1.54, 1.807) is 22.8 Å². The van der Waals surface area contributed by atoms with Crippen molar-refractivity contribution in [3.63, 3.8) is 0 Å². The van der Waals surface area contributed by atoms with Crippen LogP contribution in [0.4, 0.5) is 10.3 Å². The highest BCUT2D eigenvalue weighted by Gasteiger charge is 2.39. The van der Waals surface area contributed by atoms with E-state index in [9.17, 15) is 4.39 Å². The molecule has 3 heterocycles. The summed E-state index contributed by atoms with van der Waals surface area (Å²) in [6.45, 7) is 6.58. The first-order chi connectivity index (χ1) is 19.0. The highest BCUT2D eigenvalue weighted by Crippen LogP contribution is 2.40. The van der Waals surface area contributed by atoms with Crippen LogP contribution in [-0.2, 0) is 20.2 Å². The number of hydrogen-bond donors (Lipinski definition) is 1. The SMILES string of the molecule is CCOC(OCC)(OCC)c1cc(-c2ccnc(NC3CCCC3)n2)c2cc(-c3ccc(F)cc3)nn2c1Cl. The third-order valence-corrected chi connectivity index (χ3v) is 7.14. The number of ether oxygens (including phenoxy) is 3. The van der Waals surface area contributed by atoms with Crippen molar-refractivity contribution in [1.82, 2.24) is 19.6 Å². The molecule has 0 amide bonds. The Hall–Kier alpha value is -3.11. The second kappa shape index (κ2) is 12.0. The van der Waals surface area contributed by atoms with Gasteiger partial charge >= 0.3 is 5.97 Å². The molecule has 5 rings (SSSR count). The largest absolute Gasteiger partial charge is 0.351 e. The van der Waals surface area contributed by atoms with Gasteiger partial charge in [0.25, 0.3) is 0 Å². The highest BCUT2D eigenvalue weighted by atomic mass is 35.5. The molecule has 206 valence electrons. The van der Waals surface area contributed by atoms with Crippen molar-refractivity contribution in [3.05, 3.63) is 65.2 Å². The molecule has 1 fully saturated rings. The molecule has 3 aromatic heterocycles. The number of anilines is 1. The fraction of sp³-hybridized carbons (Fsp3) is 0.414. The van der Waals surface area contributed by atoms with E-state index in [1.807, 2.05) is 39.0 Å². The van der Waals surface area contributed by atoms with Crippen LogP contribution in [0.1, 0.15) is 52.0 Å². The van der Waals surface area contributed by atoms with Crippen LogP contribution >= 0.6 is 11.6 Å². The predicted molar refractivity (Wildman–Crippen MR) is 149 cm³/mol. The van der Waals surface area contributed by atoms with Crippen LogP contribution in [0.25, 0.3) is 28.0 Å². The molecule has 1 aliphatic rings. The lowest BCUT2D eigenvalue weighted by Gasteiger charge is -2.33. The van der Waals surface area contributed by atoms with E-state index in [4.69, 9.17) is 35.9 Å². The van der Waals surface area contributed by atoms with Gasteiger partial charge in [-0.2, -0.15) is 5.10 Å². The molecule has 0 radical (unpaired) electrons. The van der Waals surface area contributed by atoms with Crippen molar-refractivity contribution in [2.75, 3.05) is 25.1 Å². The lowest BCUT2D eigenvalue weighted by atomic mass is 10.1. The van der Waals surface area contributed by atoms with Crippen LogP contribution in [0.3, 0.4) is 0 Å². The molecule has 39 heavy (non-hydrogen) atoms. The molecule has 1 N–H and O–H groups in total. The minimum absolute atomic E-state index is 0.274. The molecule has 0 spiro atoms. The smallest absolute Gasteiger partial charge is 0.315 e. The van der Waals surface area contributed by atoms with Gasteiger partial charge in [-0.1, -0.05) is 24.4 Å². The van der Waals surface area contributed by atoms with Gasteiger partial charge in [-0.05, 0) is 76.1 Å². The average molecular weight is 554 g/mol. The maximum atomic E-state index is 13.6. The van der Waals surface area contributed by atoms with Crippen molar-refractivity contribution >= 4 is 23.1 Å². The Morgan fingerprint density at radius 1 is 0.974 bits per heavy atom. The maximum Gasteiger partial charge on any atom is 0.315 e. The standard InChI is InChI=1S/C29H33ClFN5O3/c1-4-37-29(38-5-2,39-6-3)23-17-22(24-15-16-32-28(34-24)33-21-9-7-8-10-21)26-18-25(35-36(26)27(23)30)19-11-13-20(31)14-12-19/h11-18,21H,4-10H2,1-3H3,(H,32,33,34). The molecule has 8 nitrogen and oxygen atoms in total. The zero-order valence-corrected chi connectivity index (χ0v) is 23.2. The summed E-state index contributed by atoms with van der Waals surface area (Å²) in [7, 11) is 0. The molecule has 0 saturated heterocycles. The summed E-state index contributed by atoms with van der Waals surface area (Å²) < 4.78 is 33.5. The Balaban J connectivity index is 1.72. The molecule has 10 heteroatoms. The Kier molecular flexibility index (Phi) is 8.42. The van der Waals surface area contributed by atoms with Gasteiger partial charge in [-0.15, -0.1) is 0 Å². The molecule has 0 atom stereocenters. The zero-order valence-electron chi connectivity index (χ0n) is 22.4. The van der Waals surface area contributed by atoms with Gasteiger partial charge in [0, 0.05) is 43.2 Å². The molecule has 0 unspecified atom stereocenters. The molecule has 0 aliphatic heterocycles. The maximum absolute atomic E-state index is 13.6. The van der Waals surface area contributed by atoms with Gasteiger partial charge in [0.2, 0.25) is 5.95 Å². The van der Waals surface area contributed by atoms with Crippen LogP contribution in [0.2, 0.25) is 5.15 Å². The number of rotatable bonds is 11. The summed E-state index contributed by atoms with van der Waals surface area (Å²) in [5, 5.41) is 8.54. The number of benzene rings is 1. The van der Waals surface area contributed by atoms with E-state index in [0.29, 0.717) is 54.3 Å². The summed E-state index contributed by atoms with van der Waals surface area (Å²) in [5.74, 6) is -1.29. The molecule has 4 aromatic rings. The summed E-state index contributed by atoms with van der Waals surface area (Å²) in [6.07, 6.45) is 6.35. The summed E-state index contributed by atoms with van der Waals surface area (Å²) in [5.41, 5.74) is 3.99. The van der Waals surface area contributed by atoms with Gasteiger partial charge in [0.1, 0.15) is 11.0 Å². The van der Waals surface area contributed by atoms with Crippen LogP contribution in [0, 0.1) is 5.82 Å². The van der Waals surface area contributed by atoms with Crippen molar-refractivity contribution in [2.24, 2.45) is 0 Å². The Bertz CT molecular complexity index is 1410. The Labute approximate surface area is 232 Å². The summed E-state index contributed by atoms with van der Waals surface area (Å²) in [4.78, 5) is 9.33. The molecule has 1 saturated carbocycles. The van der Waals surface area contributed by atoms with Crippen LogP contribution in [-0.4, -0.2) is 45.4 Å². The van der Waals surface area contributed by atoms with Crippen molar-refractivity contribution in [2.45, 2.75) is 58.5 Å². The second-order valence-electron chi connectivity index (χ2n) is 9.34. The number of hydrogen-bond acceptors (Lipinski definition) is 7. The Morgan fingerprint density at radius 3 is 2.28 bits per heavy atom. The van der Waals surface area contributed by atoms with Crippen LogP contribution in [0.5, 0.6) is 0 Å². The van der Waals surface area contributed by atoms with Crippen LogP contribution in [0.15, 0.2) is 48.7 Å². The summed E-state index contributed by atoms with van der Waals surface area (Å²) >= 11 is 7.02. The Morgan fingerprint density at radius 2 is 1.64 bits per heavy atom. The van der Waals surface area contributed by atoms with Crippen LogP contribution < -0.4 is 5.32 Å². The fourth-order valence-electron chi connectivity index (χ4n) is 5.06. The predicted octanol–water partition coefficient (Wildman–Crippen LogP) is 6.83. The number of halogens is 2. The van der Waals surface area contributed by atoms with Gasteiger partial charge in [-0.25, -0.2) is 18.9 Å². The third kappa shape index (κ3) is 5.63. The highest BCUT2D eigenvalue weighted by molar-refractivity contribution is 6.30. The van der Waals surface area contributed by atoms with E-state index in [0.717, 1.165) is 24.0 Å². The average Bonchev–Trinajstić information content (AvgIpc) is 3.61. The van der Waals surface area contributed by atoms with E-state index in [2.05, 4.69) is 10.3 Å². The fourth-order valence-corrected chi connectivity index (χ4v) is 5.35. The molecular formula is C29H33ClFN5O3. The normalized spacial score (nSPS) is 14.4. The first-order valence-electron chi connectivity index (χ1n) is 13.5. The van der Waals surface area contributed by atoms with Gasteiger partial charge in [0.05, 0.1) is 22.5 Å². The van der Waals surface area contributed by atoms with E-state index >= 15 is 0 Å². The second-order valence-corrected chi connectivity index (χ2v) is 9.70. The monoisotopic (exact) mass is 553 g/mol. The van der Waals surface area contributed by atoms with Gasteiger partial charge in [-0.3, -0.25) is 0 Å². The molecular weight excluding hydrogens is 521 g/mol. The number of fused-ring (bicyclic) bond motifs is 1. The quantitative estimate of drug-likeness (QED) is 0.161. The van der Waals surface area contributed by atoms with Gasteiger partial charge in [0.15, 0.2) is 0 Å². The number of pyridine rings is 1. The molecule has 1 aromatic carbocycles. The molecule has 0 bridgehead atoms. The lowest BCUT2D eigenvalue weighted by molar-refractivity contribution is -0.389. The van der Waals surface area contributed by atoms with E-state index < -0.39 is 5.97 Å². The van der Waals surface area contributed by atoms with Crippen molar-refractivity contribution in [3.8, 4) is 22.5 Å². The third-order valence-electron chi connectivity index (χ3n) is 6.78.